The van der Waals surface area contributed by atoms with E-state index in [1.807, 2.05) is 6.07 Å². The Balaban J connectivity index is 1.36. The summed E-state index contributed by atoms with van der Waals surface area (Å²) in [6.07, 6.45) is 9.40. The predicted octanol–water partition coefficient (Wildman–Crippen LogP) is -0.216. The Labute approximate surface area is 153 Å². The molecule has 2 saturated heterocycles. The largest absolute Gasteiger partial charge is 0.330 e. The van der Waals surface area contributed by atoms with Crippen molar-refractivity contribution in [3.63, 3.8) is 0 Å². The van der Waals surface area contributed by atoms with Crippen molar-refractivity contribution in [3.05, 3.63) is 18.5 Å². The number of nitrogens with one attached hydrogen (secondary N) is 2. The minimum atomic E-state index is -0.632. The van der Waals surface area contributed by atoms with Crippen molar-refractivity contribution in [3.8, 4) is 0 Å². The molecule has 0 unspecified atom stereocenters. The summed E-state index contributed by atoms with van der Waals surface area (Å²) in [4.78, 5) is 38.9. The molecule has 0 radical (unpaired) electrons. The third-order valence-corrected chi connectivity index (χ3v) is 5.89. The molecule has 2 N–H and O–H groups in total. The zero-order chi connectivity index (χ0) is 18.0. The molecule has 8 heteroatoms. The van der Waals surface area contributed by atoms with E-state index in [-0.39, 0.29) is 11.9 Å². The van der Waals surface area contributed by atoms with E-state index in [2.05, 4.69) is 20.2 Å². The van der Waals surface area contributed by atoms with Crippen molar-refractivity contribution < 1.29 is 14.5 Å². The van der Waals surface area contributed by atoms with Crippen LogP contribution in [0.4, 0.5) is 10.7 Å². The van der Waals surface area contributed by atoms with Gasteiger partial charge in [-0.1, -0.05) is 25.7 Å². The van der Waals surface area contributed by atoms with Crippen molar-refractivity contribution in [2.75, 3.05) is 37.7 Å². The fourth-order valence-corrected chi connectivity index (χ4v) is 4.35. The van der Waals surface area contributed by atoms with Gasteiger partial charge >= 0.3 is 6.03 Å². The van der Waals surface area contributed by atoms with Gasteiger partial charge in [-0.3, -0.25) is 4.79 Å². The molecule has 140 valence electrons. The lowest BCUT2D eigenvalue weighted by molar-refractivity contribution is -0.907. The number of hydrogen-bond donors (Lipinski definition) is 2. The Morgan fingerprint density at radius 2 is 1.69 bits per heavy atom. The summed E-state index contributed by atoms with van der Waals surface area (Å²) < 4.78 is 0. The number of imide groups is 1. The molecule has 4 rings (SSSR count). The van der Waals surface area contributed by atoms with E-state index < -0.39 is 5.54 Å². The molecule has 1 aromatic heterocycles. The first-order valence-corrected chi connectivity index (χ1v) is 9.68. The van der Waals surface area contributed by atoms with Crippen LogP contribution in [0.1, 0.15) is 38.5 Å². The third kappa shape index (κ3) is 3.25. The number of carbonyl (C=O) groups is 2. The maximum absolute atomic E-state index is 13.0. The molecule has 2 aliphatic heterocycles. The molecule has 26 heavy (non-hydrogen) atoms. The Morgan fingerprint density at radius 3 is 2.35 bits per heavy atom. The normalized spacial score (nSPS) is 24.0. The second kappa shape index (κ2) is 7.19. The van der Waals surface area contributed by atoms with Crippen LogP contribution in [0.5, 0.6) is 0 Å². The smallest absolute Gasteiger partial charge is 0.329 e. The van der Waals surface area contributed by atoms with E-state index in [4.69, 9.17) is 0 Å². The van der Waals surface area contributed by atoms with Gasteiger partial charge in [0.25, 0.3) is 5.91 Å². The van der Waals surface area contributed by atoms with Gasteiger partial charge in [-0.15, -0.1) is 0 Å². The van der Waals surface area contributed by atoms with Crippen molar-refractivity contribution in [2.45, 2.75) is 44.1 Å². The fourth-order valence-electron chi connectivity index (χ4n) is 4.35. The molecular weight excluding hydrogens is 332 g/mol. The number of urea groups is 1. The van der Waals surface area contributed by atoms with Gasteiger partial charge in [-0.25, -0.2) is 19.7 Å². The molecule has 0 aromatic carbocycles. The monoisotopic (exact) mass is 359 g/mol. The summed E-state index contributed by atoms with van der Waals surface area (Å²) >= 11 is 0. The number of nitrogens with zero attached hydrogens (tertiary/aromatic N) is 4. The number of rotatable bonds is 3. The van der Waals surface area contributed by atoms with E-state index in [0.29, 0.717) is 6.67 Å². The number of piperazine rings is 1. The summed E-state index contributed by atoms with van der Waals surface area (Å²) in [5.41, 5.74) is -0.632. The molecule has 0 atom stereocenters. The van der Waals surface area contributed by atoms with Gasteiger partial charge in [-0.05, 0) is 18.9 Å². The van der Waals surface area contributed by atoms with Crippen LogP contribution in [-0.4, -0.2) is 65.2 Å². The number of anilines is 1. The fraction of sp³-hybridized carbons (Fsp3) is 0.667. The summed E-state index contributed by atoms with van der Waals surface area (Å²) in [7, 11) is 0. The Morgan fingerprint density at radius 1 is 1.04 bits per heavy atom. The Bertz CT molecular complexity index is 651. The first kappa shape index (κ1) is 17.2. The summed E-state index contributed by atoms with van der Waals surface area (Å²) in [5.74, 6) is 0.740. The molecule has 1 aromatic rings. The highest BCUT2D eigenvalue weighted by atomic mass is 16.2. The number of hydrogen-bond acceptors (Lipinski definition) is 5. The van der Waals surface area contributed by atoms with E-state index in [1.54, 1.807) is 12.4 Å². The van der Waals surface area contributed by atoms with Crippen LogP contribution < -0.4 is 15.1 Å². The average molecular weight is 359 g/mol. The van der Waals surface area contributed by atoms with Crippen molar-refractivity contribution in [2.24, 2.45) is 0 Å². The molecule has 3 aliphatic rings. The highest BCUT2D eigenvalue weighted by molar-refractivity contribution is 6.06. The number of amides is 3. The number of quaternary nitrogens is 1. The quantitative estimate of drug-likeness (QED) is 0.730. The number of carbonyl (C=O) groups excluding carboxylic acids is 2. The SMILES string of the molecule is O=C1NC2(CCCCCC2)C(=O)N1C[NH+]1CCN(c2ncccn2)CC1. The molecule has 0 bridgehead atoms. The summed E-state index contributed by atoms with van der Waals surface area (Å²) in [6.45, 7) is 3.84. The minimum Gasteiger partial charge on any atom is -0.330 e. The molecule has 1 spiro atoms. The van der Waals surface area contributed by atoms with Gasteiger partial charge in [-0.2, -0.15) is 0 Å². The first-order valence-electron chi connectivity index (χ1n) is 9.68. The van der Waals surface area contributed by atoms with E-state index >= 15 is 0 Å². The van der Waals surface area contributed by atoms with Gasteiger partial charge in [0.1, 0.15) is 5.54 Å². The average Bonchev–Trinajstić information content (AvgIpc) is 2.84. The van der Waals surface area contributed by atoms with E-state index in [1.165, 1.54) is 9.80 Å². The summed E-state index contributed by atoms with van der Waals surface area (Å²) in [5, 5.41) is 3.03. The molecule has 3 fully saturated rings. The standard InChI is InChI=1S/C18H26N6O2/c25-15-18(6-3-1-2-4-7-18)21-17(26)24(15)14-22-10-12-23(13-11-22)16-19-8-5-9-20-16/h5,8-9H,1-4,6-7,10-14H2,(H,21,26)/p+1. The molecule has 3 amide bonds. The topological polar surface area (TPSA) is 82.9 Å². The van der Waals surface area contributed by atoms with E-state index in [0.717, 1.165) is 70.7 Å². The maximum Gasteiger partial charge on any atom is 0.329 e. The van der Waals surface area contributed by atoms with Crippen molar-refractivity contribution in [1.29, 1.82) is 0 Å². The van der Waals surface area contributed by atoms with Crippen LogP contribution in [0.15, 0.2) is 18.5 Å². The van der Waals surface area contributed by atoms with Crippen LogP contribution >= 0.6 is 0 Å². The second-order valence-corrected chi connectivity index (χ2v) is 7.60. The Kier molecular flexibility index (Phi) is 4.76. The van der Waals surface area contributed by atoms with Gasteiger partial charge in [0.05, 0.1) is 26.2 Å². The summed E-state index contributed by atoms with van der Waals surface area (Å²) in [6, 6.07) is 1.60. The van der Waals surface area contributed by atoms with Gasteiger partial charge in [0, 0.05) is 12.4 Å². The molecule has 1 aliphatic carbocycles. The van der Waals surface area contributed by atoms with Crippen molar-refractivity contribution in [1.82, 2.24) is 20.2 Å². The van der Waals surface area contributed by atoms with Gasteiger partial charge in [0.15, 0.2) is 6.67 Å². The highest BCUT2D eigenvalue weighted by Crippen LogP contribution is 2.32. The predicted molar refractivity (Wildman–Crippen MR) is 95.6 cm³/mol. The van der Waals surface area contributed by atoms with Crippen LogP contribution in [0.3, 0.4) is 0 Å². The second-order valence-electron chi connectivity index (χ2n) is 7.60. The molecule has 8 nitrogen and oxygen atoms in total. The van der Waals surface area contributed by atoms with Crippen LogP contribution in [0.2, 0.25) is 0 Å². The zero-order valence-corrected chi connectivity index (χ0v) is 15.1. The van der Waals surface area contributed by atoms with Crippen molar-refractivity contribution >= 4 is 17.9 Å². The maximum atomic E-state index is 13.0. The van der Waals surface area contributed by atoms with E-state index in [9.17, 15) is 9.59 Å². The highest BCUT2D eigenvalue weighted by Gasteiger charge is 2.51. The van der Waals surface area contributed by atoms with Crippen LogP contribution in [0.25, 0.3) is 0 Å². The Hall–Kier alpha value is -2.22. The lowest BCUT2D eigenvalue weighted by atomic mass is 9.90. The third-order valence-electron chi connectivity index (χ3n) is 5.89. The van der Waals surface area contributed by atoms with Crippen LogP contribution in [-0.2, 0) is 4.79 Å². The lowest BCUT2D eigenvalue weighted by Gasteiger charge is -2.33. The van der Waals surface area contributed by atoms with Crippen LogP contribution in [0, 0.1) is 0 Å². The molecule has 3 heterocycles. The van der Waals surface area contributed by atoms with Gasteiger partial charge in [0.2, 0.25) is 5.95 Å². The lowest BCUT2D eigenvalue weighted by Crippen LogP contribution is -3.16. The molecular formula is C18H27N6O2+. The zero-order valence-electron chi connectivity index (χ0n) is 15.1. The van der Waals surface area contributed by atoms with Gasteiger partial charge < -0.3 is 15.1 Å². The first-order chi connectivity index (χ1) is 12.7. The molecule has 1 saturated carbocycles. The minimum absolute atomic E-state index is 0.00859. The number of aromatic nitrogens is 2.